The first kappa shape index (κ1) is 21.0. The number of hydrogen-bond acceptors (Lipinski definition) is 5. The Bertz CT molecular complexity index is 1300. The summed E-state index contributed by atoms with van der Waals surface area (Å²) in [5, 5.41) is 8.26. The number of benzene rings is 2. The number of anilines is 1. The predicted octanol–water partition coefficient (Wildman–Crippen LogP) is 3.27. The van der Waals surface area contributed by atoms with E-state index >= 15 is 0 Å². The molecule has 160 valence electrons. The van der Waals surface area contributed by atoms with Crippen LogP contribution in [0.5, 0.6) is 0 Å². The molecule has 0 bridgehead atoms. The number of nitrogens with zero attached hydrogens (tertiary/aromatic N) is 3. The van der Waals surface area contributed by atoms with E-state index < -0.39 is 10.0 Å². The lowest BCUT2D eigenvalue weighted by atomic mass is 10.0. The number of aromatic nitrogens is 3. The SMILES string of the molecule is Cc1[nH]nc2ccc(-c3cncc(N(C[C@@H](N)Cc4ccccc4)S(C)(=O)=O)c3)cc12. The van der Waals surface area contributed by atoms with Crippen LogP contribution in [0.4, 0.5) is 5.69 Å². The quantitative estimate of drug-likeness (QED) is 0.464. The van der Waals surface area contributed by atoms with Gasteiger partial charge in [0.2, 0.25) is 10.0 Å². The molecule has 0 saturated heterocycles. The minimum Gasteiger partial charge on any atom is -0.326 e. The van der Waals surface area contributed by atoms with Crippen molar-refractivity contribution in [2.75, 3.05) is 17.1 Å². The molecule has 7 nitrogen and oxygen atoms in total. The molecule has 2 aromatic carbocycles. The summed E-state index contributed by atoms with van der Waals surface area (Å²) in [7, 11) is -3.54. The minimum atomic E-state index is -3.54. The zero-order chi connectivity index (χ0) is 22.0. The number of H-pyrrole nitrogens is 1. The molecule has 0 aliphatic heterocycles. The van der Waals surface area contributed by atoms with E-state index in [9.17, 15) is 8.42 Å². The number of pyridine rings is 1. The average molecular weight is 436 g/mol. The van der Waals surface area contributed by atoms with Crippen molar-refractivity contribution in [1.29, 1.82) is 0 Å². The highest BCUT2D eigenvalue weighted by Gasteiger charge is 2.21. The zero-order valence-corrected chi connectivity index (χ0v) is 18.3. The van der Waals surface area contributed by atoms with Crippen molar-refractivity contribution >= 4 is 26.6 Å². The molecule has 0 spiro atoms. The van der Waals surface area contributed by atoms with Crippen LogP contribution in [0.3, 0.4) is 0 Å². The molecule has 1 atom stereocenters. The number of fused-ring (bicyclic) bond motifs is 1. The number of nitrogens with one attached hydrogen (secondary N) is 1. The van der Waals surface area contributed by atoms with E-state index in [1.165, 1.54) is 10.6 Å². The summed E-state index contributed by atoms with van der Waals surface area (Å²) in [6, 6.07) is 17.2. The maximum Gasteiger partial charge on any atom is 0.232 e. The van der Waals surface area contributed by atoms with Crippen molar-refractivity contribution in [3.8, 4) is 11.1 Å². The second-order valence-corrected chi connectivity index (χ2v) is 9.66. The Hall–Kier alpha value is -3.23. The summed E-state index contributed by atoms with van der Waals surface area (Å²) < 4.78 is 26.5. The van der Waals surface area contributed by atoms with E-state index in [1.807, 2.05) is 61.5 Å². The normalized spacial score (nSPS) is 12.7. The molecule has 4 rings (SSSR count). The molecule has 31 heavy (non-hydrogen) atoms. The van der Waals surface area contributed by atoms with Gasteiger partial charge in [-0.15, -0.1) is 0 Å². The lowest BCUT2D eigenvalue weighted by Gasteiger charge is -2.26. The topological polar surface area (TPSA) is 105 Å². The summed E-state index contributed by atoms with van der Waals surface area (Å²) in [4.78, 5) is 4.31. The average Bonchev–Trinajstić information content (AvgIpc) is 3.12. The van der Waals surface area contributed by atoms with Crippen LogP contribution in [0.15, 0.2) is 67.0 Å². The van der Waals surface area contributed by atoms with Gasteiger partial charge in [0, 0.05) is 35.4 Å². The van der Waals surface area contributed by atoms with E-state index in [-0.39, 0.29) is 12.6 Å². The van der Waals surface area contributed by atoms with Crippen LogP contribution in [-0.2, 0) is 16.4 Å². The maximum absolute atomic E-state index is 12.6. The molecule has 2 heterocycles. The fourth-order valence-electron chi connectivity index (χ4n) is 3.67. The minimum absolute atomic E-state index is 0.165. The van der Waals surface area contributed by atoms with Crippen LogP contribution >= 0.6 is 0 Å². The van der Waals surface area contributed by atoms with Crippen molar-refractivity contribution in [3.05, 3.63) is 78.2 Å². The number of hydrogen-bond donors (Lipinski definition) is 2. The van der Waals surface area contributed by atoms with E-state index in [2.05, 4.69) is 15.2 Å². The highest BCUT2D eigenvalue weighted by molar-refractivity contribution is 7.92. The molecule has 2 aromatic heterocycles. The van der Waals surface area contributed by atoms with Crippen molar-refractivity contribution < 1.29 is 8.42 Å². The lowest BCUT2D eigenvalue weighted by molar-refractivity contribution is 0.587. The van der Waals surface area contributed by atoms with Gasteiger partial charge in [-0.2, -0.15) is 5.10 Å². The summed E-state index contributed by atoms with van der Waals surface area (Å²) >= 11 is 0. The Labute approximate surface area is 182 Å². The molecule has 3 N–H and O–H groups in total. The Morgan fingerprint density at radius 1 is 1.06 bits per heavy atom. The van der Waals surface area contributed by atoms with Crippen LogP contribution in [0.1, 0.15) is 11.3 Å². The summed E-state index contributed by atoms with van der Waals surface area (Å²) in [5.74, 6) is 0. The first-order chi connectivity index (χ1) is 14.8. The third-order valence-corrected chi connectivity index (χ3v) is 6.39. The van der Waals surface area contributed by atoms with Gasteiger partial charge in [-0.3, -0.25) is 14.4 Å². The zero-order valence-electron chi connectivity index (χ0n) is 17.5. The fraction of sp³-hybridized carbons (Fsp3) is 0.217. The molecule has 0 saturated carbocycles. The van der Waals surface area contributed by atoms with Crippen LogP contribution < -0.4 is 10.0 Å². The molecule has 0 aliphatic rings. The van der Waals surface area contributed by atoms with Gasteiger partial charge in [-0.1, -0.05) is 36.4 Å². The van der Waals surface area contributed by atoms with Gasteiger partial charge in [0.05, 0.1) is 23.7 Å². The highest BCUT2D eigenvalue weighted by atomic mass is 32.2. The number of rotatable bonds is 7. The fourth-order valence-corrected chi connectivity index (χ4v) is 4.61. The Balaban J connectivity index is 1.64. The van der Waals surface area contributed by atoms with Gasteiger partial charge in [0.15, 0.2) is 0 Å². The second kappa shape index (κ2) is 8.49. The Kier molecular flexibility index (Phi) is 5.75. The van der Waals surface area contributed by atoms with Gasteiger partial charge < -0.3 is 5.73 Å². The number of aromatic amines is 1. The number of sulfonamides is 1. The van der Waals surface area contributed by atoms with Crippen LogP contribution in [0, 0.1) is 6.92 Å². The highest BCUT2D eigenvalue weighted by Crippen LogP contribution is 2.28. The molecular formula is C23H25N5O2S. The van der Waals surface area contributed by atoms with Gasteiger partial charge in [0.1, 0.15) is 0 Å². The first-order valence-electron chi connectivity index (χ1n) is 9.98. The lowest BCUT2D eigenvalue weighted by Crippen LogP contribution is -2.42. The maximum atomic E-state index is 12.6. The van der Waals surface area contributed by atoms with Crippen molar-refractivity contribution in [3.63, 3.8) is 0 Å². The molecule has 0 radical (unpaired) electrons. The van der Waals surface area contributed by atoms with Gasteiger partial charge in [-0.25, -0.2) is 8.42 Å². The molecule has 4 aromatic rings. The molecule has 0 aliphatic carbocycles. The number of nitrogens with two attached hydrogens (primary N) is 1. The van der Waals surface area contributed by atoms with Crippen molar-refractivity contribution in [2.24, 2.45) is 5.73 Å². The van der Waals surface area contributed by atoms with Gasteiger partial charge in [0.25, 0.3) is 0 Å². The van der Waals surface area contributed by atoms with E-state index in [0.29, 0.717) is 12.1 Å². The Morgan fingerprint density at radius 2 is 1.84 bits per heavy atom. The van der Waals surface area contributed by atoms with E-state index in [0.717, 1.165) is 33.3 Å². The van der Waals surface area contributed by atoms with Crippen LogP contribution in [-0.4, -0.2) is 42.4 Å². The smallest absolute Gasteiger partial charge is 0.232 e. The molecule has 8 heteroatoms. The van der Waals surface area contributed by atoms with Gasteiger partial charge in [-0.05, 0) is 42.7 Å². The summed E-state index contributed by atoms with van der Waals surface area (Å²) in [6.07, 6.45) is 5.05. The molecule has 0 amide bonds. The largest absolute Gasteiger partial charge is 0.326 e. The van der Waals surface area contributed by atoms with Crippen LogP contribution in [0.25, 0.3) is 22.0 Å². The molecule has 0 unspecified atom stereocenters. The third kappa shape index (κ3) is 4.76. The Morgan fingerprint density at radius 3 is 2.58 bits per heavy atom. The summed E-state index contributed by atoms with van der Waals surface area (Å²) in [6.45, 7) is 2.13. The predicted molar refractivity (Wildman–Crippen MR) is 124 cm³/mol. The first-order valence-corrected chi connectivity index (χ1v) is 11.8. The van der Waals surface area contributed by atoms with Crippen molar-refractivity contribution in [2.45, 2.75) is 19.4 Å². The molecule has 0 fully saturated rings. The van der Waals surface area contributed by atoms with E-state index in [1.54, 1.807) is 12.4 Å². The van der Waals surface area contributed by atoms with E-state index in [4.69, 9.17) is 5.73 Å². The second-order valence-electron chi connectivity index (χ2n) is 7.76. The standard InChI is InChI=1S/C23H25N5O2S/c1-16-22-12-18(8-9-23(22)27-26-16)19-11-21(14-25-13-19)28(31(2,29)30)15-20(24)10-17-6-4-3-5-7-17/h3-9,11-14,20H,10,15,24H2,1-2H3,(H,26,27)/t20-/m0/s1. The number of aryl methyl sites for hydroxylation is 1. The summed E-state index contributed by atoms with van der Waals surface area (Å²) in [5.41, 5.74) is 11.5. The third-order valence-electron chi connectivity index (χ3n) is 5.23. The molecular weight excluding hydrogens is 410 g/mol. The van der Waals surface area contributed by atoms with Crippen LogP contribution in [0.2, 0.25) is 0 Å². The van der Waals surface area contributed by atoms with Gasteiger partial charge >= 0.3 is 0 Å². The monoisotopic (exact) mass is 435 g/mol. The van der Waals surface area contributed by atoms with Crippen molar-refractivity contribution in [1.82, 2.24) is 15.2 Å².